The summed E-state index contributed by atoms with van der Waals surface area (Å²) < 4.78 is 90.5. The summed E-state index contributed by atoms with van der Waals surface area (Å²) in [6, 6.07) is 10.0. The summed E-state index contributed by atoms with van der Waals surface area (Å²) in [6.07, 6.45) is -4.00. The summed E-state index contributed by atoms with van der Waals surface area (Å²) in [5.41, 5.74) is 0.506. The van der Waals surface area contributed by atoms with Gasteiger partial charge in [0, 0.05) is 13.1 Å². The Balaban J connectivity index is 1.65. The van der Waals surface area contributed by atoms with Crippen molar-refractivity contribution < 1.29 is 30.0 Å². The van der Waals surface area contributed by atoms with Gasteiger partial charge in [0.15, 0.2) is 0 Å². The third-order valence-electron chi connectivity index (χ3n) is 4.32. The Morgan fingerprint density at radius 1 is 0.964 bits per heavy atom. The van der Waals surface area contributed by atoms with E-state index in [1.807, 2.05) is 12.1 Å². The Labute approximate surface area is 161 Å². The summed E-state index contributed by atoms with van der Waals surface area (Å²) in [7, 11) is -7.88. The van der Waals surface area contributed by atoms with Crippen LogP contribution in [0.2, 0.25) is 0 Å². The van der Waals surface area contributed by atoms with E-state index in [0.717, 1.165) is 17.7 Å². The molecule has 2 aromatic carbocycles. The summed E-state index contributed by atoms with van der Waals surface area (Å²) in [4.78, 5) is -0.371. The molecule has 3 rings (SSSR count). The molecule has 2 aromatic rings. The zero-order valence-electron chi connectivity index (χ0n) is 14.5. The third-order valence-corrected chi connectivity index (χ3v) is 7.57. The fraction of sp³-hybridized carbons (Fsp3) is 0.294. The van der Waals surface area contributed by atoms with E-state index in [-0.39, 0.29) is 11.4 Å². The molecule has 28 heavy (non-hydrogen) atoms. The highest BCUT2D eigenvalue weighted by molar-refractivity contribution is 7.93. The number of nitrogens with one attached hydrogen (secondary N) is 1. The molecule has 0 bridgehead atoms. The minimum absolute atomic E-state index is 0.285. The summed E-state index contributed by atoms with van der Waals surface area (Å²) in [5.74, 6) is -0.471. The number of nitrogens with zero attached hydrogens (tertiary/aromatic N) is 1. The number of rotatable bonds is 6. The monoisotopic (exact) mass is 434 g/mol. The first kappa shape index (κ1) is 20.6. The minimum atomic E-state index is -4.57. The minimum Gasteiger partial charge on any atom is -0.270 e. The molecule has 152 valence electrons. The molecule has 0 unspecified atom stereocenters. The van der Waals surface area contributed by atoms with Crippen LogP contribution < -0.4 is 9.03 Å². The van der Waals surface area contributed by atoms with E-state index < -0.39 is 44.1 Å². The van der Waals surface area contributed by atoms with Crippen LogP contribution in [0, 0.1) is 0 Å². The van der Waals surface area contributed by atoms with Crippen molar-refractivity contribution in [1.29, 1.82) is 0 Å². The molecule has 6 nitrogen and oxygen atoms in total. The summed E-state index contributed by atoms with van der Waals surface area (Å²) in [6.45, 7) is -0.113. The van der Waals surface area contributed by atoms with Crippen LogP contribution in [0.5, 0.6) is 0 Å². The van der Waals surface area contributed by atoms with Crippen molar-refractivity contribution in [2.45, 2.75) is 17.5 Å². The van der Waals surface area contributed by atoms with Crippen molar-refractivity contribution in [1.82, 2.24) is 4.72 Å². The molecule has 1 aliphatic heterocycles. The van der Waals surface area contributed by atoms with E-state index in [2.05, 4.69) is 4.72 Å². The standard InChI is InChI=1S/C17H17F3N2O4S2/c18-17(19,20)14-5-7-15(8-6-14)28(25,26)21-10-12-27(23,24)22-11-9-13-3-1-2-4-16(13)22/h1-8,21H,9-12H2. The van der Waals surface area contributed by atoms with Gasteiger partial charge >= 0.3 is 6.18 Å². The van der Waals surface area contributed by atoms with Crippen molar-refractivity contribution in [3.05, 3.63) is 59.7 Å². The molecular formula is C17H17F3N2O4S2. The van der Waals surface area contributed by atoms with Gasteiger partial charge in [-0.3, -0.25) is 4.31 Å². The largest absolute Gasteiger partial charge is 0.416 e. The molecule has 0 amide bonds. The Kier molecular flexibility index (Phi) is 5.43. The average Bonchev–Trinajstić information content (AvgIpc) is 3.06. The molecule has 0 spiro atoms. The molecule has 1 aliphatic rings. The highest BCUT2D eigenvalue weighted by Crippen LogP contribution is 2.30. The van der Waals surface area contributed by atoms with Crippen molar-refractivity contribution in [3.8, 4) is 0 Å². The van der Waals surface area contributed by atoms with E-state index in [0.29, 0.717) is 24.2 Å². The number of hydrogen-bond acceptors (Lipinski definition) is 4. The SMILES string of the molecule is O=S(=O)(NCCS(=O)(=O)N1CCc2ccccc21)c1ccc(C(F)(F)F)cc1. The number of hydrogen-bond donors (Lipinski definition) is 1. The number of anilines is 1. The molecule has 0 saturated carbocycles. The number of para-hydroxylation sites is 1. The van der Waals surface area contributed by atoms with Gasteiger partial charge in [0.05, 0.1) is 21.9 Å². The number of benzene rings is 2. The topological polar surface area (TPSA) is 83.5 Å². The average molecular weight is 434 g/mol. The lowest BCUT2D eigenvalue weighted by Crippen LogP contribution is -2.37. The second-order valence-electron chi connectivity index (χ2n) is 6.19. The molecular weight excluding hydrogens is 417 g/mol. The van der Waals surface area contributed by atoms with Gasteiger partial charge in [-0.05, 0) is 42.3 Å². The van der Waals surface area contributed by atoms with Gasteiger partial charge in [-0.1, -0.05) is 18.2 Å². The Morgan fingerprint density at radius 2 is 1.61 bits per heavy atom. The van der Waals surface area contributed by atoms with Gasteiger partial charge in [0.1, 0.15) is 0 Å². The fourth-order valence-electron chi connectivity index (χ4n) is 2.92. The van der Waals surface area contributed by atoms with E-state index in [1.54, 1.807) is 12.1 Å². The van der Waals surface area contributed by atoms with Crippen molar-refractivity contribution in [3.63, 3.8) is 0 Å². The van der Waals surface area contributed by atoms with Gasteiger partial charge in [0.2, 0.25) is 20.0 Å². The van der Waals surface area contributed by atoms with Crippen LogP contribution in [0.4, 0.5) is 18.9 Å². The van der Waals surface area contributed by atoms with Crippen molar-refractivity contribution >= 4 is 25.7 Å². The predicted octanol–water partition coefficient (Wildman–Crippen LogP) is 2.38. The first-order valence-electron chi connectivity index (χ1n) is 8.26. The maximum atomic E-state index is 12.6. The quantitative estimate of drug-likeness (QED) is 0.757. The highest BCUT2D eigenvalue weighted by Gasteiger charge is 2.31. The Bertz CT molecular complexity index is 1070. The molecule has 11 heteroatoms. The zero-order valence-corrected chi connectivity index (χ0v) is 16.1. The maximum absolute atomic E-state index is 12.6. The second-order valence-corrected chi connectivity index (χ2v) is 9.97. The molecule has 1 heterocycles. The highest BCUT2D eigenvalue weighted by atomic mass is 32.2. The molecule has 0 aliphatic carbocycles. The van der Waals surface area contributed by atoms with Gasteiger partial charge in [0.25, 0.3) is 0 Å². The predicted molar refractivity (Wildman–Crippen MR) is 97.9 cm³/mol. The van der Waals surface area contributed by atoms with Crippen LogP contribution in [-0.4, -0.2) is 35.7 Å². The molecule has 0 saturated heterocycles. The van der Waals surface area contributed by atoms with E-state index in [9.17, 15) is 30.0 Å². The van der Waals surface area contributed by atoms with Crippen LogP contribution in [0.1, 0.15) is 11.1 Å². The molecule has 0 fully saturated rings. The van der Waals surface area contributed by atoms with Gasteiger partial charge in [-0.15, -0.1) is 0 Å². The van der Waals surface area contributed by atoms with Crippen molar-refractivity contribution in [2.75, 3.05) is 23.1 Å². The first-order valence-corrected chi connectivity index (χ1v) is 11.4. The van der Waals surface area contributed by atoms with Crippen LogP contribution in [0.3, 0.4) is 0 Å². The summed E-state index contributed by atoms with van der Waals surface area (Å²) >= 11 is 0. The fourth-order valence-corrected chi connectivity index (χ4v) is 5.51. The lowest BCUT2D eigenvalue weighted by molar-refractivity contribution is -0.137. The van der Waals surface area contributed by atoms with Crippen molar-refractivity contribution in [2.24, 2.45) is 0 Å². The zero-order chi connectivity index (χ0) is 20.6. The third kappa shape index (κ3) is 4.31. The summed E-state index contributed by atoms with van der Waals surface area (Å²) in [5, 5.41) is 0. The van der Waals surface area contributed by atoms with Crippen LogP contribution >= 0.6 is 0 Å². The van der Waals surface area contributed by atoms with Crippen LogP contribution in [-0.2, 0) is 32.6 Å². The van der Waals surface area contributed by atoms with Crippen LogP contribution in [0.15, 0.2) is 53.4 Å². The maximum Gasteiger partial charge on any atom is 0.416 e. The molecule has 0 atom stereocenters. The lowest BCUT2D eigenvalue weighted by Gasteiger charge is -2.19. The van der Waals surface area contributed by atoms with Gasteiger partial charge < -0.3 is 0 Å². The normalized spacial score (nSPS) is 14.9. The van der Waals surface area contributed by atoms with E-state index in [1.165, 1.54) is 4.31 Å². The number of alkyl halides is 3. The Hall–Kier alpha value is -2.11. The molecule has 1 N–H and O–H groups in total. The second kappa shape index (κ2) is 7.37. The number of sulfonamides is 2. The van der Waals surface area contributed by atoms with Gasteiger partial charge in [-0.2, -0.15) is 13.2 Å². The van der Waals surface area contributed by atoms with Crippen LogP contribution in [0.25, 0.3) is 0 Å². The molecule has 0 radical (unpaired) electrons. The number of fused-ring (bicyclic) bond motifs is 1. The molecule has 0 aromatic heterocycles. The van der Waals surface area contributed by atoms with E-state index >= 15 is 0 Å². The van der Waals surface area contributed by atoms with E-state index in [4.69, 9.17) is 0 Å². The first-order chi connectivity index (χ1) is 13.0. The number of halogens is 3. The lowest BCUT2D eigenvalue weighted by atomic mass is 10.2. The smallest absolute Gasteiger partial charge is 0.270 e. The van der Waals surface area contributed by atoms with Gasteiger partial charge in [-0.25, -0.2) is 21.6 Å². The Morgan fingerprint density at radius 3 is 2.25 bits per heavy atom.